The number of fused-ring (bicyclic) bond motifs is 1. The van der Waals surface area contributed by atoms with Gasteiger partial charge in [-0.05, 0) is 61.2 Å². The van der Waals surface area contributed by atoms with Crippen LogP contribution in [0.2, 0.25) is 0 Å². The number of Topliss-reactive ketones (excluding diaryl/α,β-unsaturated/α-hetero) is 1. The lowest BCUT2D eigenvalue weighted by atomic mass is 9.88. The molecule has 1 aliphatic heterocycles. The van der Waals surface area contributed by atoms with Crippen molar-refractivity contribution < 1.29 is 22.7 Å². The van der Waals surface area contributed by atoms with E-state index < -0.39 is 15.4 Å². The van der Waals surface area contributed by atoms with Crippen molar-refractivity contribution in [2.45, 2.75) is 49.3 Å². The van der Waals surface area contributed by atoms with Crippen LogP contribution in [0.25, 0.3) is 11.3 Å². The minimum absolute atomic E-state index is 0.141. The summed E-state index contributed by atoms with van der Waals surface area (Å²) in [6.45, 7) is 2.73. The van der Waals surface area contributed by atoms with Crippen molar-refractivity contribution in [3.8, 4) is 22.8 Å². The van der Waals surface area contributed by atoms with Gasteiger partial charge >= 0.3 is 0 Å². The highest BCUT2D eigenvalue weighted by molar-refractivity contribution is 7.89. The standard InChI is InChI=1S/C28H30N2O5S/c1-3-4-16-30(2)36(32,33)23-11-8-20(9-12-23)24-7-5-6-22(29-24)18-27(31)28(14-15-28)21-10-13-25-26(17-21)35-19-34-25/h5-13,17H,3-4,14-16,18-19H2,1-2H3. The molecule has 0 radical (unpaired) electrons. The number of rotatable bonds is 10. The number of ketones is 1. The Morgan fingerprint density at radius 3 is 2.50 bits per heavy atom. The van der Waals surface area contributed by atoms with Crippen LogP contribution in [0.4, 0.5) is 0 Å². The molecule has 36 heavy (non-hydrogen) atoms. The quantitative estimate of drug-likeness (QED) is 0.395. The van der Waals surface area contributed by atoms with Gasteiger partial charge < -0.3 is 9.47 Å². The summed E-state index contributed by atoms with van der Waals surface area (Å²) in [6.07, 6.45) is 3.61. The molecule has 0 atom stereocenters. The second-order valence-corrected chi connectivity index (χ2v) is 11.5. The number of ether oxygens (including phenoxy) is 2. The van der Waals surface area contributed by atoms with Gasteiger partial charge in [0.25, 0.3) is 0 Å². The molecule has 0 unspecified atom stereocenters. The van der Waals surface area contributed by atoms with Gasteiger partial charge in [-0.25, -0.2) is 12.7 Å². The zero-order chi connectivity index (χ0) is 25.3. The Kier molecular flexibility index (Phi) is 6.57. The molecule has 8 heteroatoms. The average Bonchev–Trinajstić information content (AvgIpc) is 3.58. The Balaban J connectivity index is 1.31. The summed E-state index contributed by atoms with van der Waals surface area (Å²) in [5.74, 6) is 1.54. The third kappa shape index (κ3) is 4.63. The van der Waals surface area contributed by atoms with Crippen LogP contribution in [0.3, 0.4) is 0 Å². The molecular weight excluding hydrogens is 476 g/mol. The van der Waals surface area contributed by atoms with Gasteiger partial charge in [0.2, 0.25) is 16.8 Å². The van der Waals surface area contributed by atoms with Gasteiger partial charge in [-0.15, -0.1) is 0 Å². The first-order valence-electron chi connectivity index (χ1n) is 12.3. The molecule has 0 bridgehead atoms. The zero-order valence-electron chi connectivity index (χ0n) is 20.6. The van der Waals surface area contributed by atoms with Gasteiger partial charge in [-0.1, -0.05) is 37.6 Å². The summed E-state index contributed by atoms with van der Waals surface area (Å²) in [7, 11) is -1.91. The summed E-state index contributed by atoms with van der Waals surface area (Å²) >= 11 is 0. The van der Waals surface area contributed by atoms with Crippen LogP contribution in [-0.4, -0.2) is 43.9 Å². The monoisotopic (exact) mass is 506 g/mol. The molecule has 2 heterocycles. The second-order valence-electron chi connectivity index (χ2n) is 9.47. The van der Waals surface area contributed by atoms with E-state index in [4.69, 9.17) is 14.5 Å². The van der Waals surface area contributed by atoms with Gasteiger partial charge in [0.1, 0.15) is 5.78 Å². The summed E-state index contributed by atoms with van der Waals surface area (Å²) in [6, 6.07) is 18.1. The third-order valence-electron chi connectivity index (χ3n) is 7.04. The van der Waals surface area contributed by atoms with Crippen LogP contribution in [0, 0.1) is 0 Å². The number of hydrogen-bond donors (Lipinski definition) is 0. The van der Waals surface area contributed by atoms with Crippen LogP contribution in [0.15, 0.2) is 65.6 Å². The van der Waals surface area contributed by atoms with E-state index in [9.17, 15) is 13.2 Å². The molecule has 2 aliphatic rings. The van der Waals surface area contributed by atoms with E-state index in [0.717, 1.165) is 36.8 Å². The number of carbonyl (C=O) groups is 1. The van der Waals surface area contributed by atoms with Gasteiger partial charge in [-0.2, -0.15) is 0 Å². The third-order valence-corrected chi connectivity index (χ3v) is 8.91. The predicted molar refractivity (Wildman–Crippen MR) is 137 cm³/mol. The molecule has 3 aromatic rings. The first kappa shape index (κ1) is 24.5. The van der Waals surface area contributed by atoms with Crippen molar-refractivity contribution in [3.63, 3.8) is 0 Å². The molecule has 1 aromatic heterocycles. The Hall–Kier alpha value is -3.23. The average molecular weight is 507 g/mol. The second kappa shape index (κ2) is 9.67. The summed E-state index contributed by atoms with van der Waals surface area (Å²) in [5, 5.41) is 0. The van der Waals surface area contributed by atoms with Crippen LogP contribution >= 0.6 is 0 Å². The first-order valence-corrected chi connectivity index (χ1v) is 13.7. The SMILES string of the molecule is CCCCN(C)S(=O)(=O)c1ccc(-c2cccc(CC(=O)C3(c4ccc5c(c4)OCO5)CC3)n2)cc1. The van der Waals surface area contributed by atoms with Crippen molar-refractivity contribution in [2.24, 2.45) is 0 Å². The van der Waals surface area contributed by atoms with E-state index in [-0.39, 0.29) is 23.9 Å². The number of nitrogens with zero attached hydrogens (tertiary/aromatic N) is 2. The summed E-state index contributed by atoms with van der Waals surface area (Å²) in [4.78, 5) is 18.3. The highest BCUT2D eigenvalue weighted by Crippen LogP contribution is 2.51. The lowest BCUT2D eigenvalue weighted by Gasteiger charge is -2.17. The number of unbranched alkanes of at least 4 members (excludes halogenated alkanes) is 1. The normalized spacial score (nSPS) is 15.8. The first-order chi connectivity index (χ1) is 17.3. The molecule has 0 amide bonds. The van der Waals surface area contributed by atoms with Crippen LogP contribution in [0.1, 0.15) is 43.9 Å². The minimum atomic E-state index is -3.52. The zero-order valence-corrected chi connectivity index (χ0v) is 21.4. The highest BCUT2D eigenvalue weighted by atomic mass is 32.2. The molecule has 1 aliphatic carbocycles. The fourth-order valence-corrected chi connectivity index (χ4v) is 5.81. The van der Waals surface area contributed by atoms with Gasteiger partial charge in [0.05, 0.1) is 16.0 Å². The van der Waals surface area contributed by atoms with Gasteiger partial charge in [0, 0.05) is 31.3 Å². The number of sulfonamides is 1. The number of carbonyl (C=O) groups excluding carboxylic acids is 1. The highest BCUT2D eigenvalue weighted by Gasteiger charge is 2.51. The van der Waals surface area contributed by atoms with Crippen LogP contribution in [0.5, 0.6) is 11.5 Å². The van der Waals surface area contributed by atoms with Gasteiger partial charge in [-0.3, -0.25) is 9.78 Å². The molecule has 1 fully saturated rings. The Morgan fingerprint density at radius 1 is 1.03 bits per heavy atom. The largest absolute Gasteiger partial charge is 0.454 e. The fourth-order valence-electron chi connectivity index (χ4n) is 4.60. The van der Waals surface area contributed by atoms with Crippen molar-refractivity contribution >= 4 is 15.8 Å². The molecular formula is C28H30N2O5S. The van der Waals surface area contributed by atoms with E-state index in [0.29, 0.717) is 29.4 Å². The van der Waals surface area contributed by atoms with E-state index in [1.165, 1.54) is 4.31 Å². The van der Waals surface area contributed by atoms with E-state index in [1.54, 1.807) is 31.3 Å². The van der Waals surface area contributed by atoms with E-state index in [2.05, 4.69) is 0 Å². The maximum absolute atomic E-state index is 13.4. The number of aromatic nitrogens is 1. The van der Waals surface area contributed by atoms with E-state index in [1.807, 2.05) is 43.3 Å². The molecule has 7 nitrogen and oxygen atoms in total. The smallest absolute Gasteiger partial charge is 0.242 e. The lowest BCUT2D eigenvalue weighted by molar-refractivity contribution is -0.120. The minimum Gasteiger partial charge on any atom is -0.454 e. The molecule has 0 N–H and O–H groups in total. The van der Waals surface area contributed by atoms with E-state index >= 15 is 0 Å². The van der Waals surface area contributed by atoms with Crippen molar-refractivity contribution in [1.29, 1.82) is 0 Å². The molecule has 1 saturated carbocycles. The topological polar surface area (TPSA) is 85.8 Å². The fraction of sp³-hybridized carbons (Fsp3) is 0.357. The maximum atomic E-state index is 13.4. The number of pyridine rings is 1. The van der Waals surface area contributed by atoms with Crippen molar-refractivity contribution in [3.05, 3.63) is 71.9 Å². The summed E-state index contributed by atoms with van der Waals surface area (Å²) < 4.78 is 37.9. The van der Waals surface area contributed by atoms with Gasteiger partial charge in [0.15, 0.2) is 11.5 Å². The molecule has 0 spiro atoms. The maximum Gasteiger partial charge on any atom is 0.242 e. The Bertz CT molecular complexity index is 1380. The van der Waals surface area contributed by atoms with Crippen LogP contribution < -0.4 is 9.47 Å². The predicted octanol–water partition coefficient (Wildman–Crippen LogP) is 4.74. The Morgan fingerprint density at radius 2 is 1.78 bits per heavy atom. The van der Waals surface area contributed by atoms with Crippen LogP contribution in [-0.2, 0) is 26.7 Å². The number of benzene rings is 2. The summed E-state index contributed by atoms with van der Waals surface area (Å²) in [5.41, 5.74) is 2.68. The lowest BCUT2D eigenvalue weighted by Crippen LogP contribution is -2.27. The Labute approximate surface area is 212 Å². The number of hydrogen-bond acceptors (Lipinski definition) is 6. The molecule has 0 saturated heterocycles. The molecule has 2 aromatic carbocycles. The molecule has 5 rings (SSSR count). The molecule has 188 valence electrons. The van der Waals surface area contributed by atoms with Crippen molar-refractivity contribution in [2.75, 3.05) is 20.4 Å². The van der Waals surface area contributed by atoms with Crippen molar-refractivity contribution in [1.82, 2.24) is 9.29 Å².